The largest absolute Gasteiger partial charge is 0.497 e. The van der Waals surface area contributed by atoms with E-state index in [1.54, 1.807) is 23.5 Å². The molecule has 1 aromatic heterocycles. The highest BCUT2D eigenvalue weighted by Gasteiger charge is 2.20. The number of ether oxygens (including phenoxy) is 2. The van der Waals surface area contributed by atoms with Crippen molar-refractivity contribution in [3.05, 3.63) is 65.5 Å². The first-order valence-electron chi connectivity index (χ1n) is 8.78. The first-order chi connectivity index (χ1) is 13.3. The standard InChI is InChI=1S/C20H20N4O2S/c1-3-14-4-6-15(7-5-14)18-13-27-20-22-21-19(24(20)23-18)12-26-17-10-8-16(25-2)9-11-17/h4-11H,3,12-13H2,1-2H3. The number of fused-ring (bicyclic) bond motifs is 1. The third-order valence-electron chi connectivity index (χ3n) is 4.36. The summed E-state index contributed by atoms with van der Waals surface area (Å²) in [5.74, 6) is 3.00. The molecule has 3 aromatic rings. The van der Waals surface area contributed by atoms with E-state index in [9.17, 15) is 0 Å². The fourth-order valence-electron chi connectivity index (χ4n) is 2.75. The SMILES string of the molecule is CCc1ccc(C2=Nn3c(COc4ccc(OC)cc4)nnc3SC2)cc1. The van der Waals surface area contributed by atoms with E-state index in [0.717, 1.165) is 40.1 Å². The molecule has 2 heterocycles. The number of hydrogen-bond donors (Lipinski definition) is 0. The lowest BCUT2D eigenvalue weighted by Crippen LogP contribution is -2.15. The van der Waals surface area contributed by atoms with Crippen molar-refractivity contribution in [2.45, 2.75) is 25.1 Å². The summed E-state index contributed by atoms with van der Waals surface area (Å²) >= 11 is 1.64. The minimum absolute atomic E-state index is 0.297. The van der Waals surface area contributed by atoms with Crippen molar-refractivity contribution in [2.24, 2.45) is 5.10 Å². The van der Waals surface area contributed by atoms with Gasteiger partial charge in [-0.05, 0) is 41.8 Å². The molecule has 2 aromatic carbocycles. The van der Waals surface area contributed by atoms with Crippen LogP contribution in [-0.2, 0) is 13.0 Å². The normalized spacial score (nSPS) is 13.0. The smallest absolute Gasteiger partial charge is 0.212 e. The predicted octanol–water partition coefficient (Wildman–Crippen LogP) is 3.79. The maximum Gasteiger partial charge on any atom is 0.212 e. The van der Waals surface area contributed by atoms with Crippen molar-refractivity contribution in [1.82, 2.24) is 14.9 Å². The van der Waals surface area contributed by atoms with E-state index in [0.29, 0.717) is 12.4 Å². The Morgan fingerprint density at radius 1 is 1.00 bits per heavy atom. The number of methoxy groups -OCH3 is 1. The lowest BCUT2D eigenvalue weighted by Gasteiger charge is -2.14. The molecule has 0 saturated heterocycles. The number of benzene rings is 2. The van der Waals surface area contributed by atoms with Crippen LogP contribution in [0, 0.1) is 0 Å². The lowest BCUT2D eigenvalue weighted by molar-refractivity contribution is 0.289. The number of thioether (sulfide) groups is 1. The van der Waals surface area contributed by atoms with Crippen molar-refractivity contribution in [1.29, 1.82) is 0 Å². The second kappa shape index (κ2) is 7.84. The van der Waals surface area contributed by atoms with Crippen molar-refractivity contribution < 1.29 is 9.47 Å². The quantitative estimate of drug-likeness (QED) is 0.651. The monoisotopic (exact) mass is 380 g/mol. The van der Waals surface area contributed by atoms with Gasteiger partial charge in [0.2, 0.25) is 5.16 Å². The molecule has 7 heteroatoms. The number of hydrogen-bond acceptors (Lipinski definition) is 6. The first-order valence-corrected chi connectivity index (χ1v) is 9.76. The van der Waals surface area contributed by atoms with Crippen LogP contribution >= 0.6 is 11.8 Å². The average molecular weight is 380 g/mol. The average Bonchev–Trinajstić information content (AvgIpc) is 3.15. The van der Waals surface area contributed by atoms with E-state index in [-0.39, 0.29) is 0 Å². The highest BCUT2D eigenvalue weighted by molar-refractivity contribution is 7.99. The Morgan fingerprint density at radius 3 is 2.44 bits per heavy atom. The minimum Gasteiger partial charge on any atom is -0.497 e. The molecule has 4 rings (SSSR count). The van der Waals surface area contributed by atoms with Crippen molar-refractivity contribution in [3.8, 4) is 11.5 Å². The Morgan fingerprint density at radius 2 is 1.74 bits per heavy atom. The van der Waals surface area contributed by atoms with Gasteiger partial charge >= 0.3 is 0 Å². The summed E-state index contributed by atoms with van der Waals surface area (Å²) in [7, 11) is 1.64. The molecule has 1 aliphatic rings. The van der Waals surface area contributed by atoms with Crippen LogP contribution in [0.25, 0.3) is 0 Å². The molecule has 0 bridgehead atoms. The molecule has 0 unspecified atom stereocenters. The molecule has 0 saturated carbocycles. The third kappa shape index (κ3) is 3.83. The number of nitrogens with zero attached hydrogens (tertiary/aromatic N) is 4. The highest BCUT2D eigenvalue weighted by atomic mass is 32.2. The Kier molecular flexibility index (Phi) is 5.11. The molecule has 1 aliphatic heterocycles. The number of aromatic nitrogens is 3. The second-order valence-electron chi connectivity index (χ2n) is 6.06. The molecule has 0 atom stereocenters. The van der Waals surface area contributed by atoms with Crippen LogP contribution in [0.2, 0.25) is 0 Å². The Bertz CT molecular complexity index is 949. The predicted molar refractivity (Wildman–Crippen MR) is 106 cm³/mol. The summed E-state index contributed by atoms with van der Waals surface area (Å²) in [5.41, 5.74) is 3.46. The lowest BCUT2D eigenvalue weighted by atomic mass is 10.1. The maximum absolute atomic E-state index is 5.83. The van der Waals surface area contributed by atoms with Gasteiger partial charge < -0.3 is 9.47 Å². The molecule has 0 aliphatic carbocycles. The number of rotatable bonds is 6. The third-order valence-corrected chi connectivity index (χ3v) is 5.29. The van der Waals surface area contributed by atoms with Crippen LogP contribution in [0.3, 0.4) is 0 Å². The fraction of sp³-hybridized carbons (Fsp3) is 0.250. The summed E-state index contributed by atoms with van der Waals surface area (Å²) in [6, 6.07) is 16.0. The Labute approximate surface area is 162 Å². The molecule has 0 radical (unpaired) electrons. The molecule has 6 nitrogen and oxygen atoms in total. The van der Waals surface area contributed by atoms with Crippen molar-refractivity contribution in [3.63, 3.8) is 0 Å². The minimum atomic E-state index is 0.297. The van der Waals surface area contributed by atoms with Crippen molar-refractivity contribution >= 4 is 17.5 Å². The van der Waals surface area contributed by atoms with E-state index in [2.05, 4.69) is 41.4 Å². The first kappa shape index (κ1) is 17.6. The van der Waals surface area contributed by atoms with Crippen LogP contribution in [0.15, 0.2) is 58.8 Å². The molecular weight excluding hydrogens is 360 g/mol. The van der Waals surface area contributed by atoms with Crippen molar-refractivity contribution in [2.75, 3.05) is 12.9 Å². The van der Waals surface area contributed by atoms with E-state index in [1.165, 1.54) is 5.56 Å². The Hall–Kier alpha value is -2.80. The number of aryl methyl sites for hydroxylation is 1. The summed E-state index contributed by atoms with van der Waals surface area (Å²) in [5, 5.41) is 14.0. The highest BCUT2D eigenvalue weighted by Crippen LogP contribution is 2.25. The zero-order valence-electron chi connectivity index (χ0n) is 15.3. The van der Waals surface area contributed by atoms with E-state index in [1.807, 2.05) is 24.3 Å². The molecule has 0 spiro atoms. The van der Waals surface area contributed by atoms with Crippen LogP contribution in [0.5, 0.6) is 11.5 Å². The molecular formula is C20H20N4O2S. The van der Waals surface area contributed by atoms with Crippen LogP contribution in [-0.4, -0.2) is 33.4 Å². The van der Waals surface area contributed by atoms with Gasteiger partial charge in [0, 0.05) is 5.75 Å². The maximum atomic E-state index is 5.83. The molecule has 27 heavy (non-hydrogen) atoms. The van der Waals surface area contributed by atoms with Crippen LogP contribution in [0.1, 0.15) is 23.9 Å². The van der Waals surface area contributed by atoms with E-state index >= 15 is 0 Å². The van der Waals surface area contributed by atoms with Gasteiger partial charge in [0.1, 0.15) is 18.1 Å². The molecule has 0 amide bonds. The Balaban J connectivity index is 1.52. The second-order valence-corrected chi connectivity index (χ2v) is 7.00. The van der Waals surface area contributed by atoms with Gasteiger partial charge in [0.15, 0.2) is 5.82 Å². The van der Waals surface area contributed by atoms with Gasteiger partial charge in [0.25, 0.3) is 0 Å². The summed E-state index contributed by atoms with van der Waals surface area (Å²) in [4.78, 5) is 0. The van der Waals surface area contributed by atoms with Gasteiger partial charge in [-0.3, -0.25) is 0 Å². The summed E-state index contributed by atoms with van der Waals surface area (Å²) < 4.78 is 12.8. The van der Waals surface area contributed by atoms with Gasteiger partial charge in [-0.15, -0.1) is 10.2 Å². The molecule has 138 valence electrons. The van der Waals surface area contributed by atoms with Gasteiger partial charge in [-0.25, -0.2) is 0 Å². The van der Waals surface area contributed by atoms with Gasteiger partial charge in [-0.2, -0.15) is 9.78 Å². The fourth-order valence-corrected chi connectivity index (χ4v) is 3.61. The summed E-state index contributed by atoms with van der Waals surface area (Å²) in [6.45, 7) is 2.45. The van der Waals surface area contributed by atoms with Crippen LogP contribution in [0.4, 0.5) is 0 Å². The van der Waals surface area contributed by atoms with Gasteiger partial charge in [0.05, 0.1) is 12.8 Å². The van der Waals surface area contributed by atoms with Gasteiger partial charge in [-0.1, -0.05) is 43.0 Å². The zero-order chi connectivity index (χ0) is 18.6. The zero-order valence-corrected chi connectivity index (χ0v) is 16.1. The van der Waals surface area contributed by atoms with E-state index < -0.39 is 0 Å². The van der Waals surface area contributed by atoms with E-state index in [4.69, 9.17) is 14.6 Å². The topological polar surface area (TPSA) is 61.5 Å². The molecule has 0 N–H and O–H groups in total. The molecule has 0 fully saturated rings. The summed E-state index contributed by atoms with van der Waals surface area (Å²) in [6.07, 6.45) is 1.03. The van der Waals surface area contributed by atoms with Crippen LogP contribution < -0.4 is 9.47 Å².